The molecule has 2 heterocycles. The molecule has 0 saturated carbocycles. The maximum absolute atomic E-state index is 14.6. The molecular formula is C19H14ClF2N3O2. The van der Waals surface area contributed by atoms with Gasteiger partial charge in [-0.3, -0.25) is 9.69 Å². The minimum atomic E-state index is -0.934. The molecule has 8 heteroatoms. The summed E-state index contributed by atoms with van der Waals surface area (Å²) in [5, 5.41) is -0.364. The zero-order chi connectivity index (χ0) is 19.3. The van der Waals surface area contributed by atoms with Gasteiger partial charge in [0.1, 0.15) is 11.6 Å². The van der Waals surface area contributed by atoms with Gasteiger partial charge in [0.05, 0.1) is 35.5 Å². The Kier molecular flexibility index (Phi) is 4.11. The van der Waals surface area contributed by atoms with E-state index in [2.05, 4.69) is 9.97 Å². The van der Waals surface area contributed by atoms with Crippen LogP contribution >= 0.6 is 11.6 Å². The lowest BCUT2D eigenvalue weighted by Gasteiger charge is -2.27. The second-order valence-electron chi connectivity index (χ2n) is 6.15. The maximum Gasteiger partial charge on any atom is 0.294 e. The van der Waals surface area contributed by atoms with Crippen molar-refractivity contribution in [3.63, 3.8) is 0 Å². The minimum absolute atomic E-state index is 0.0736. The van der Waals surface area contributed by atoms with Gasteiger partial charge in [0, 0.05) is 16.8 Å². The van der Waals surface area contributed by atoms with E-state index in [9.17, 15) is 13.6 Å². The summed E-state index contributed by atoms with van der Waals surface area (Å²) < 4.78 is 33.9. The predicted molar refractivity (Wildman–Crippen MR) is 97.4 cm³/mol. The quantitative estimate of drug-likeness (QED) is 0.671. The van der Waals surface area contributed by atoms with Crippen LogP contribution in [-0.2, 0) is 9.53 Å². The first-order valence-corrected chi connectivity index (χ1v) is 8.46. The molecule has 1 atom stereocenters. The molecule has 0 radical (unpaired) electrons. The van der Waals surface area contributed by atoms with Crippen LogP contribution in [0.2, 0.25) is 5.02 Å². The van der Waals surface area contributed by atoms with Gasteiger partial charge in [-0.15, -0.1) is 0 Å². The van der Waals surface area contributed by atoms with E-state index in [0.717, 1.165) is 12.1 Å². The standard InChI is InChI=1S/C19H14ClF2N3O2/c1-9-17(15-11(21)4-5-12(22)16(15)20)25(19(26)18(9)27-2)10-3-6-13-14(7-10)24-8-23-13/h3-8,17H,1-2H3,(H,23,24). The summed E-state index contributed by atoms with van der Waals surface area (Å²) in [6.45, 7) is 1.64. The third kappa shape index (κ3) is 2.57. The van der Waals surface area contributed by atoms with Crippen molar-refractivity contribution in [2.45, 2.75) is 13.0 Å². The van der Waals surface area contributed by atoms with Crippen molar-refractivity contribution < 1.29 is 18.3 Å². The van der Waals surface area contributed by atoms with Gasteiger partial charge >= 0.3 is 0 Å². The number of hydrogen-bond acceptors (Lipinski definition) is 3. The molecule has 0 fully saturated rings. The molecule has 0 bridgehead atoms. The number of fused-ring (bicyclic) bond motifs is 1. The van der Waals surface area contributed by atoms with Crippen LogP contribution in [0.5, 0.6) is 0 Å². The highest BCUT2D eigenvalue weighted by Gasteiger charge is 2.42. The Labute approximate surface area is 158 Å². The number of anilines is 1. The molecule has 0 saturated heterocycles. The van der Waals surface area contributed by atoms with Crippen molar-refractivity contribution in [3.8, 4) is 0 Å². The number of nitrogens with one attached hydrogen (secondary N) is 1. The lowest BCUT2D eigenvalue weighted by atomic mass is 9.99. The molecule has 0 spiro atoms. The van der Waals surface area contributed by atoms with Crippen LogP contribution in [0.25, 0.3) is 11.0 Å². The van der Waals surface area contributed by atoms with Gasteiger partial charge < -0.3 is 9.72 Å². The van der Waals surface area contributed by atoms with E-state index in [1.807, 2.05) is 0 Å². The second-order valence-corrected chi connectivity index (χ2v) is 6.53. The first-order chi connectivity index (χ1) is 12.9. The number of halogens is 3. The molecule has 27 heavy (non-hydrogen) atoms. The highest BCUT2D eigenvalue weighted by Crippen LogP contribution is 2.45. The summed E-state index contributed by atoms with van der Waals surface area (Å²) >= 11 is 6.08. The Morgan fingerprint density at radius 2 is 1.96 bits per heavy atom. The Hall–Kier alpha value is -2.93. The molecule has 4 rings (SSSR count). The Balaban J connectivity index is 1.94. The molecule has 1 aliphatic heterocycles. The van der Waals surface area contributed by atoms with Gasteiger partial charge in [0.15, 0.2) is 5.76 Å². The summed E-state index contributed by atoms with van der Waals surface area (Å²) in [6, 6.07) is 6.14. The highest BCUT2D eigenvalue weighted by molar-refractivity contribution is 6.31. The van der Waals surface area contributed by atoms with Crippen molar-refractivity contribution in [1.29, 1.82) is 0 Å². The number of rotatable bonds is 3. The van der Waals surface area contributed by atoms with E-state index in [0.29, 0.717) is 22.3 Å². The highest BCUT2D eigenvalue weighted by atomic mass is 35.5. The van der Waals surface area contributed by atoms with Crippen LogP contribution in [0.4, 0.5) is 14.5 Å². The van der Waals surface area contributed by atoms with Gasteiger partial charge in [-0.2, -0.15) is 0 Å². The lowest BCUT2D eigenvalue weighted by Crippen LogP contribution is -2.31. The lowest BCUT2D eigenvalue weighted by molar-refractivity contribution is -0.117. The van der Waals surface area contributed by atoms with E-state index in [1.165, 1.54) is 18.3 Å². The number of carbonyl (C=O) groups is 1. The Bertz CT molecular complexity index is 1110. The van der Waals surface area contributed by atoms with Crippen molar-refractivity contribution in [2.24, 2.45) is 0 Å². The summed E-state index contributed by atoms with van der Waals surface area (Å²) in [4.78, 5) is 21.4. The van der Waals surface area contributed by atoms with Gasteiger partial charge in [-0.05, 0) is 37.3 Å². The molecule has 5 nitrogen and oxygen atoms in total. The largest absolute Gasteiger partial charge is 0.491 e. The molecule has 1 amide bonds. The van der Waals surface area contributed by atoms with E-state index >= 15 is 0 Å². The summed E-state index contributed by atoms with van der Waals surface area (Å²) in [7, 11) is 1.36. The van der Waals surface area contributed by atoms with Crippen LogP contribution in [0.3, 0.4) is 0 Å². The number of aromatic nitrogens is 2. The van der Waals surface area contributed by atoms with Crippen LogP contribution in [0.15, 0.2) is 48.0 Å². The van der Waals surface area contributed by atoms with Gasteiger partial charge in [0.25, 0.3) is 5.91 Å². The van der Waals surface area contributed by atoms with Gasteiger partial charge in [-0.25, -0.2) is 13.8 Å². The van der Waals surface area contributed by atoms with E-state index < -0.39 is 23.6 Å². The monoisotopic (exact) mass is 389 g/mol. The number of imidazole rings is 1. The van der Waals surface area contributed by atoms with Crippen molar-refractivity contribution >= 4 is 34.2 Å². The smallest absolute Gasteiger partial charge is 0.294 e. The maximum atomic E-state index is 14.6. The van der Waals surface area contributed by atoms with Crippen LogP contribution < -0.4 is 4.90 Å². The number of hydrogen-bond donors (Lipinski definition) is 1. The van der Waals surface area contributed by atoms with Crippen molar-refractivity contribution in [2.75, 3.05) is 12.0 Å². The molecular weight excluding hydrogens is 376 g/mol. The molecule has 1 unspecified atom stereocenters. The van der Waals surface area contributed by atoms with Crippen LogP contribution in [-0.4, -0.2) is 23.0 Å². The number of aromatic amines is 1. The molecule has 138 valence electrons. The zero-order valence-electron chi connectivity index (χ0n) is 14.4. The summed E-state index contributed by atoms with van der Waals surface area (Å²) in [5.74, 6) is -1.85. The summed E-state index contributed by atoms with van der Waals surface area (Å²) in [5.41, 5.74) is 2.23. The molecule has 3 aromatic rings. The number of H-pyrrole nitrogens is 1. The van der Waals surface area contributed by atoms with Crippen LogP contribution in [0.1, 0.15) is 18.5 Å². The van der Waals surface area contributed by atoms with Crippen LogP contribution in [0, 0.1) is 11.6 Å². The first-order valence-electron chi connectivity index (χ1n) is 8.09. The minimum Gasteiger partial charge on any atom is -0.491 e. The molecule has 1 aromatic heterocycles. The van der Waals surface area contributed by atoms with E-state index in [4.69, 9.17) is 16.3 Å². The topological polar surface area (TPSA) is 58.2 Å². The zero-order valence-corrected chi connectivity index (χ0v) is 15.1. The molecule has 2 aromatic carbocycles. The number of ether oxygens (including phenoxy) is 1. The number of carbonyl (C=O) groups excluding carboxylic acids is 1. The average molecular weight is 390 g/mol. The van der Waals surface area contributed by atoms with E-state index in [1.54, 1.807) is 25.1 Å². The number of benzene rings is 2. The SMILES string of the molecule is COC1=C(C)C(c2c(F)ccc(F)c2Cl)N(c2ccc3nc[nH]c3c2)C1=O. The Morgan fingerprint density at radius 1 is 1.22 bits per heavy atom. The van der Waals surface area contributed by atoms with Gasteiger partial charge in [-0.1, -0.05) is 11.6 Å². The normalized spacial score (nSPS) is 17.3. The van der Waals surface area contributed by atoms with Crippen molar-refractivity contribution in [1.82, 2.24) is 9.97 Å². The fraction of sp³-hybridized carbons (Fsp3) is 0.158. The first kappa shape index (κ1) is 17.5. The predicted octanol–water partition coefficient (Wildman–Crippen LogP) is 4.50. The van der Waals surface area contributed by atoms with Gasteiger partial charge in [0.2, 0.25) is 0 Å². The third-order valence-corrected chi connectivity index (χ3v) is 5.06. The number of amides is 1. The third-order valence-electron chi connectivity index (χ3n) is 4.68. The second kappa shape index (κ2) is 6.35. The molecule has 0 aliphatic carbocycles. The summed E-state index contributed by atoms with van der Waals surface area (Å²) in [6.07, 6.45) is 1.53. The number of nitrogens with zero attached hydrogens (tertiary/aromatic N) is 2. The average Bonchev–Trinajstić information content (AvgIpc) is 3.21. The fourth-order valence-corrected chi connectivity index (χ4v) is 3.70. The van der Waals surface area contributed by atoms with Crippen molar-refractivity contribution in [3.05, 3.63) is 70.2 Å². The molecule has 1 aliphatic rings. The Morgan fingerprint density at radius 3 is 2.70 bits per heavy atom. The molecule has 1 N–H and O–H groups in total. The number of methoxy groups -OCH3 is 1. The van der Waals surface area contributed by atoms with E-state index in [-0.39, 0.29) is 16.3 Å². The fourth-order valence-electron chi connectivity index (χ4n) is 3.44.